The fraction of sp³-hybridized carbons (Fsp3) is 0.354. The molecule has 3 aliphatic heterocycles. The topological polar surface area (TPSA) is 214 Å². The highest BCUT2D eigenvalue weighted by atomic mass is 32.2. The summed E-state index contributed by atoms with van der Waals surface area (Å²) >= 11 is 0. The maximum atomic E-state index is 12.8. The van der Waals surface area contributed by atoms with E-state index in [4.69, 9.17) is 15.6 Å². The Hall–Kier alpha value is -9.25. The molecule has 19 heteroatoms. The molecule has 2 amide bonds. The quantitative estimate of drug-likeness (QED) is 0.117. The molecule has 13 rings (SSSR count). The summed E-state index contributed by atoms with van der Waals surface area (Å²) in [5.74, 6) is -0.252. The second-order valence-electron chi connectivity index (χ2n) is 35.1. The Kier molecular flexibility index (Phi) is 29.5. The van der Waals surface area contributed by atoms with Gasteiger partial charge >= 0.3 is 0 Å². The van der Waals surface area contributed by atoms with Gasteiger partial charge in [-0.25, -0.2) is 30.4 Å². The number of amides is 2. The van der Waals surface area contributed by atoms with Gasteiger partial charge in [-0.05, 0) is 185 Å². The van der Waals surface area contributed by atoms with E-state index in [2.05, 4.69) is 242 Å². The van der Waals surface area contributed by atoms with Crippen molar-refractivity contribution < 1.29 is 39.6 Å². The van der Waals surface area contributed by atoms with Crippen molar-refractivity contribution in [1.82, 2.24) is 23.3 Å². The number of carbonyl (C=O) groups is 2. The highest BCUT2D eigenvalue weighted by molar-refractivity contribution is 7.89. The number of carbonyl (C=O) groups excluding carboxylic acids is 2. The van der Waals surface area contributed by atoms with Crippen LogP contribution in [0.4, 0.5) is 0 Å². The zero-order chi connectivity index (χ0) is 84.1. The molecule has 4 N–H and O–H groups in total. The lowest BCUT2D eigenvalue weighted by Gasteiger charge is -2.32. The molecule has 0 spiro atoms. The van der Waals surface area contributed by atoms with Crippen LogP contribution < -0.4 is 10.9 Å². The highest BCUT2D eigenvalue weighted by Gasteiger charge is 2.30. The first-order valence-electron chi connectivity index (χ1n) is 39.5. The molecule has 115 heavy (non-hydrogen) atoms. The van der Waals surface area contributed by atoms with Crippen molar-refractivity contribution in [2.75, 3.05) is 92.8 Å². The minimum Gasteiger partial charge on any atom is -0.379 e. The van der Waals surface area contributed by atoms with Gasteiger partial charge in [0.05, 0.1) is 27.9 Å². The Morgan fingerprint density at radius 3 is 0.730 bits per heavy atom. The number of hydrogen-bond acceptors (Lipinski definition) is 11. The van der Waals surface area contributed by atoms with Gasteiger partial charge in [-0.1, -0.05) is 286 Å². The first-order chi connectivity index (χ1) is 53.9. The predicted octanol–water partition coefficient (Wildman–Crippen LogP) is 18.3. The number of ether oxygens (including phenoxy) is 1. The molecule has 3 saturated heterocycles. The lowest BCUT2D eigenvalue weighted by atomic mass is 9.86. The van der Waals surface area contributed by atoms with Gasteiger partial charge in [0.2, 0.25) is 36.0 Å². The summed E-state index contributed by atoms with van der Waals surface area (Å²) < 4.78 is 81.7. The summed E-state index contributed by atoms with van der Waals surface area (Å²) in [6, 6.07) is 78.8. The van der Waals surface area contributed by atoms with E-state index in [1.165, 1.54) is 49.8 Å². The summed E-state index contributed by atoms with van der Waals surface area (Å²) in [4.78, 5) is 30.8. The van der Waals surface area contributed by atoms with Crippen molar-refractivity contribution in [2.45, 2.75) is 146 Å². The van der Waals surface area contributed by atoms with Gasteiger partial charge in [0.15, 0.2) is 0 Å². The second-order valence-corrected chi connectivity index (χ2v) is 40.5. The molecule has 0 aliphatic carbocycles. The molecule has 0 atom stereocenters. The van der Waals surface area contributed by atoms with Crippen LogP contribution >= 0.6 is 0 Å². The number of primary amides is 1. The van der Waals surface area contributed by atoms with Gasteiger partial charge in [-0.3, -0.25) is 9.59 Å². The molecule has 610 valence electrons. The summed E-state index contributed by atoms with van der Waals surface area (Å²) in [7, 11) is -6.35. The lowest BCUT2D eigenvalue weighted by molar-refractivity contribution is 0.0664. The maximum absolute atomic E-state index is 12.8. The van der Waals surface area contributed by atoms with Gasteiger partial charge in [0.25, 0.3) is 5.91 Å². The zero-order valence-corrected chi connectivity index (χ0v) is 72.8. The molecule has 0 saturated carbocycles. The number of nitrogens with two attached hydrogens (primary N) is 2. The first kappa shape index (κ1) is 89.7. The molecule has 10 aromatic rings. The number of likely N-dealkylation sites (N-methyl/N-ethyl adjacent to an activating group) is 2. The Balaban J connectivity index is 0.000000165. The maximum Gasteiger partial charge on any atom is 0.253 e. The van der Waals surface area contributed by atoms with Gasteiger partial charge in [0, 0.05) is 76.6 Å². The van der Waals surface area contributed by atoms with Crippen molar-refractivity contribution in [1.29, 1.82) is 0 Å². The number of piperazine rings is 2. The molecular weight excluding hydrogens is 1490 g/mol. The SMILES string of the molecule is CC(C)(C)c1ccc(-c2ccc(C(N)=O)cc2)cc1.CC(C)(C)c1ccc(-c2ccc(S(=O)(=O)N3CCOCC3)cc2)cc1.CC(C)(C)c1ccc(-c2ccc(S(N)(=O)=O)cc2)cc1.CN1CCN(C(=O)c2ccc(-c3ccc(C(C)(C)C)cc3)cc2)CC1.CN1CCN(S(=O)(=O)c2ccc(-c3ccc(C(C)(C)C)cc3)cc2)CC1. The zero-order valence-electron chi connectivity index (χ0n) is 70.4. The van der Waals surface area contributed by atoms with Crippen LogP contribution in [-0.2, 0) is 61.9 Å². The average molecular weight is 1610 g/mol. The highest BCUT2D eigenvalue weighted by Crippen LogP contribution is 2.34. The Morgan fingerprint density at radius 1 is 0.287 bits per heavy atom. The summed E-state index contributed by atoms with van der Waals surface area (Å²) in [6.07, 6.45) is 0. The Bertz CT molecular complexity index is 5180. The van der Waals surface area contributed by atoms with Crippen molar-refractivity contribution in [2.24, 2.45) is 10.9 Å². The van der Waals surface area contributed by atoms with E-state index in [1.54, 1.807) is 52.8 Å². The molecule has 3 heterocycles. The molecule has 0 radical (unpaired) electrons. The second kappa shape index (κ2) is 37.8. The lowest BCUT2D eigenvalue weighted by Crippen LogP contribution is -2.47. The van der Waals surface area contributed by atoms with Crippen molar-refractivity contribution in [3.8, 4) is 55.6 Å². The number of morpholine rings is 1. The average Bonchev–Trinajstić information content (AvgIpc) is 0.805. The minimum absolute atomic E-state index is 0.120. The number of nitrogens with zero attached hydrogens (tertiary/aromatic N) is 5. The van der Waals surface area contributed by atoms with Gasteiger partial charge < -0.3 is 25.2 Å². The monoisotopic (exact) mass is 1610 g/mol. The summed E-state index contributed by atoms with van der Waals surface area (Å²) in [5, 5.41) is 5.09. The minimum atomic E-state index is -3.63. The number of hydrogen-bond donors (Lipinski definition) is 2. The van der Waals surface area contributed by atoms with E-state index in [9.17, 15) is 34.8 Å². The third-order valence-corrected chi connectivity index (χ3v) is 25.9. The fourth-order valence-electron chi connectivity index (χ4n) is 13.2. The molecule has 3 aliphatic rings. The molecular formula is C96H119N7O9S3. The largest absolute Gasteiger partial charge is 0.379 e. The third-order valence-electron chi connectivity index (χ3n) is 21.1. The van der Waals surface area contributed by atoms with Crippen molar-refractivity contribution >= 4 is 41.9 Å². The Morgan fingerprint density at radius 2 is 0.496 bits per heavy atom. The van der Waals surface area contributed by atoms with E-state index in [0.717, 1.165) is 94.9 Å². The van der Waals surface area contributed by atoms with Crippen LogP contribution in [0, 0.1) is 0 Å². The molecule has 0 bridgehead atoms. The van der Waals surface area contributed by atoms with E-state index in [0.29, 0.717) is 54.7 Å². The number of rotatable bonds is 12. The Labute approximate surface area is 686 Å². The van der Waals surface area contributed by atoms with Gasteiger partial charge in [-0.2, -0.15) is 8.61 Å². The van der Waals surface area contributed by atoms with Crippen molar-refractivity contribution in [3.05, 3.63) is 282 Å². The van der Waals surface area contributed by atoms with E-state index in [1.807, 2.05) is 72.6 Å². The normalized spacial score (nSPS) is 15.1. The van der Waals surface area contributed by atoms with E-state index in [-0.39, 0.29) is 37.9 Å². The number of benzene rings is 10. The van der Waals surface area contributed by atoms with Crippen LogP contribution in [0.3, 0.4) is 0 Å². The van der Waals surface area contributed by atoms with Crippen LogP contribution in [0.1, 0.15) is 152 Å². The molecule has 10 aromatic carbocycles. The number of primary sulfonamides is 1. The van der Waals surface area contributed by atoms with Gasteiger partial charge in [0.1, 0.15) is 0 Å². The molecule has 0 unspecified atom stereocenters. The third kappa shape index (κ3) is 24.9. The molecule has 3 fully saturated rings. The van der Waals surface area contributed by atoms with Crippen LogP contribution in [0.15, 0.2) is 257 Å². The van der Waals surface area contributed by atoms with Crippen LogP contribution in [0.25, 0.3) is 55.6 Å². The van der Waals surface area contributed by atoms with Gasteiger partial charge in [-0.15, -0.1) is 0 Å². The smallest absolute Gasteiger partial charge is 0.253 e. The summed E-state index contributed by atoms with van der Waals surface area (Å²) in [6.45, 7) is 40.8. The standard InChI is InChI=1S/C22H28N2O.C21H28N2O2S.C20H25NO3S.C17H19NO.C16H19NO2S/c1-22(2,3)20-11-9-18(10-12-20)17-5-7-19(8-6-17)21(25)24-15-13-23(4)14-16-24;1-21(2,3)19-9-5-17(6-10-19)18-7-11-20(12-8-18)26(24,25)23-15-13-22(4)14-16-23;1-20(2,3)18-8-4-16(5-9-18)17-6-10-19(11-7-17)25(22,23)21-12-14-24-15-13-21;1-17(2,3)15-10-8-13(9-11-15)12-4-6-14(7-5-12)16(18)19;1-16(2,3)14-8-4-12(5-9-14)13-6-10-15(11-7-13)20(17,18)19/h5-12H,13-16H2,1-4H3;5-12H,13-16H2,1-4H3;4-11H,12-15H2,1-3H3;4-11H,1-3H3,(H2,18,19);4-11H,1-3H3,(H2,17,18,19). The fourth-order valence-corrected chi connectivity index (χ4v) is 16.6. The molecule has 16 nitrogen and oxygen atoms in total. The van der Waals surface area contributed by atoms with E-state index < -0.39 is 36.0 Å². The van der Waals surface area contributed by atoms with Crippen LogP contribution in [0.5, 0.6) is 0 Å². The molecule has 0 aromatic heterocycles. The van der Waals surface area contributed by atoms with Crippen LogP contribution in [0.2, 0.25) is 0 Å². The first-order valence-corrected chi connectivity index (χ1v) is 43.9. The summed E-state index contributed by atoms with van der Waals surface area (Å²) in [5.41, 5.74) is 24.5. The van der Waals surface area contributed by atoms with E-state index >= 15 is 0 Å². The van der Waals surface area contributed by atoms with Crippen LogP contribution in [-0.4, -0.2) is 153 Å². The van der Waals surface area contributed by atoms with Crippen molar-refractivity contribution in [3.63, 3.8) is 0 Å². The number of sulfonamides is 3. The predicted molar refractivity (Wildman–Crippen MR) is 472 cm³/mol.